The summed E-state index contributed by atoms with van der Waals surface area (Å²) in [5.74, 6) is 0. The highest BCUT2D eigenvalue weighted by Gasteiger charge is 2.27. The lowest BCUT2D eigenvalue weighted by Crippen LogP contribution is -2.51. The minimum absolute atomic E-state index is 0.0708. The number of hydrogen-bond acceptors (Lipinski definition) is 4. The molecule has 1 rings (SSSR count). The van der Waals surface area contributed by atoms with Gasteiger partial charge in [-0.3, -0.25) is 9.80 Å². The first-order chi connectivity index (χ1) is 8.13. The normalized spacial score (nSPS) is 25.4. The van der Waals surface area contributed by atoms with Crippen molar-refractivity contribution in [2.24, 2.45) is 5.73 Å². The SMILES string of the molecule is CCC(N)C(CO)N(C)CC1CCCN1CC. The molecule has 3 unspecified atom stereocenters. The van der Waals surface area contributed by atoms with Gasteiger partial charge in [0.2, 0.25) is 0 Å². The smallest absolute Gasteiger partial charge is 0.0601 e. The molecular formula is C13H29N3O. The Labute approximate surface area is 106 Å². The van der Waals surface area contributed by atoms with Gasteiger partial charge in [0.25, 0.3) is 0 Å². The van der Waals surface area contributed by atoms with Crippen LogP contribution < -0.4 is 5.73 Å². The third-order valence-corrected chi connectivity index (χ3v) is 4.12. The van der Waals surface area contributed by atoms with Gasteiger partial charge in [0.15, 0.2) is 0 Å². The quantitative estimate of drug-likeness (QED) is 0.684. The summed E-state index contributed by atoms with van der Waals surface area (Å²) in [6, 6.07) is 0.809. The van der Waals surface area contributed by atoms with Gasteiger partial charge in [-0.05, 0) is 39.4 Å². The van der Waals surface area contributed by atoms with Gasteiger partial charge in [0.05, 0.1) is 6.61 Å². The molecule has 1 heterocycles. The Morgan fingerprint density at radius 1 is 1.47 bits per heavy atom. The third kappa shape index (κ3) is 3.91. The van der Waals surface area contributed by atoms with Crippen LogP contribution in [0, 0.1) is 0 Å². The Morgan fingerprint density at radius 2 is 2.18 bits per heavy atom. The summed E-state index contributed by atoms with van der Waals surface area (Å²) >= 11 is 0. The summed E-state index contributed by atoms with van der Waals surface area (Å²) in [4.78, 5) is 4.77. The predicted molar refractivity (Wildman–Crippen MR) is 72.0 cm³/mol. The second-order valence-corrected chi connectivity index (χ2v) is 5.19. The van der Waals surface area contributed by atoms with Crippen LogP contribution in [0.2, 0.25) is 0 Å². The Bertz CT molecular complexity index is 213. The molecule has 1 aliphatic heterocycles. The molecule has 0 aromatic carbocycles. The molecule has 0 aliphatic carbocycles. The molecular weight excluding hydrogens is 214 g/mol. The van der Waals surface area contributed by atoms with Crippen molar-refractivity contribution in [1.82, 2.24) is 9.80 Å². The van der Waals surface area contributed by atoms with E-state index < -0.39 is 0 Å². The minimum Gasteiger partial charge on any atom is -0.395 e. The van der Waals surface area contributed by atoms with Gasteiger partial charge in [0.1, 0.15) is 0 Å². The lowest BCUT2D eigenvalue weighted by molar-refractivity contribution is 0.0990. The van der Waals surface area contributed by atoms with E-state index in [4.69, 9.17) is 5.73 Å². The average molecular weight is 243 g/mol. The fourth-order valence-electron chi connectivity index (χ4n) is 2.86. The molecule has 0 bridgehead atoms. The topological polar surface area (TPSA) is 52.7 Å². The molecule has 1 saturated heterocycles. The molecule has 4 heteroatoms. The fraction of sp³-hybridized carbons (Fsp3) is 1.00. The summed E-state index contributed by atoms with van der Waals surface area (Å²) in [7, 11) is 2.09. The zero-order valence-corrected chi connectivity index (χ0v) is 11.6. The zero-order valence-electron chi connectivity index (χ0n) is 11.6. The number of aliphatic hydroxyl groups excluding tert-OH is 1. The number of hydrogen-bond donors (Lipinski definition) is 2. The van der Waals surface area contributed by atoms with Crippen LogP contribution in [0.3, 0.4) is 0 Å². The first-order valence-electron chi connectivity index (χ1n) is 6.94. The van der Waals surface area contributed by atoms with Crippen molar-refractivity contribution < 1.29 is 5.11 Å². The molecule has 1 aliphatic rings. The van der Waals surface area contributed by atoms with E-state index in [0.29, 0.717) is 6.04 Å². The van der Waals surface area contributed by atoms with Crippen LogP contribution in [0.4, 0.5) is 0 Å². The summed E-state index contributed by atoms with van der Waals surface area (Å²) in [6.07, 6.45) is 3.49. The van der Waals surface area contributed by atoms with Gasteiger partial charge in [-0.2, -0.15) is 0 Å². The van der Waals surface area contributed by atoms with E-state index in [9.17, 15) is 5.11 Å². The maximum absolute atomic E-state index is 9.46. The first kappa shape index (κ1) is 14.9. The highest BCUT2D eigenvalue weighted by atomic mass is 16.3. The molecule has 0 amide bonds. The monoisotopic (exact) mass is 243 g/mol. The van der Waals surface area contributed by atoms with Crippen LogP contribution in [-0.4, -0.2) is 66.3 Å². The molecule has 0 spiro atoms. The number of likely N-dealkylation sites (N-methyl/N-ethyl adjacent to an activating group) is 2. The molecule has 102 valence electrons. The second kappa shape index (κ2) is 7.31. The fourth-order valence-corrected chi connectivity index (χ4v) is 2.86. The van der Waals surface area contributed by atoms with Crippen molar-refractivity contribution in [3.8, 4) is 0 Å². The molecule has 0 radical (unpaired) electrons. The van der Waals surface area contributed by atoms with Crippen LogP contribution in [0.1, 0.15) is 33.1 Å². The molecule has 0 aromatic rings. The van der Waals surface area contributed by atoms with Gasteiger partial charge >= 0.3 is 0 Å². The Kier molecular flexibility index (Phi) is 6.41. The van der Waals surface area contributed by atoms with Crippen LogP contribution in [-0.2, 0) is 0 Å². The summed E-state index contributed by atoms with van der Waals surface area (Å²) in [5.41, 5.74) is 6.05. The van der Waals surface area contributed by atoms with Gasteiger partial charge in [-0.15, -0.1) is 0 Å². The lowest BCUT2D eigenvalue weighted by atomic mass is 10.1. The van der Waals surface area contributed by atoms with Crippen LogP contribution in [0.25, 0.3) is 0 Å². The average Bonchev–Trinajstić information content (AvgIpc) is 2.76. The Morgan fingerprint density at radius 3 is 2.71 bits per heavy atom. The largest absolute Gasteiger partial charge is 0.395 e. The third-order valence-electron chi connectivity index (χ3n) is 4.12. The van der Waals surface area contributed by atoms with Crippen molar-refractivity contribution in [2.45, 2.75) is 51.2 Å². The minimum atomic E-state index is 0.0708. The maximum atomic E-state index is 9.46. The van der Waals surface area contributed by atoms with E-state index in [2.05, 4.69) is 30.7 Å². The van der Waals surface area contributed by atoms with E-state index in [-0.39, 0.29) is 18.7 Å². The van der Waals surface area contributed by atoms with Crippen LogP contribution in [0.15, 0.2) is 0 Å². The van der Waals surface area contributed by atoms with Gasteiger partial charge < -0.3 is 10.8 Å². The predicted octanol–water partition coefficient (Wildman–Crippen LogP) is 0.501. The van der Waals surface area contributed by atoms with Crippen molar-refractivity contribution in [3.63, 3.8) is 0 Å². The number of likely N-dealkylation sites (tertiary alicyclic amines) is 1. The van der Waals surface area contributed by atoms with E-state index in [1.54, 1.807) is 0 Å². The summed E-state index contributed by atoms with van der Waals surface area (Å²) in [5, 5.41) is 9.46. The highest BCUT2D eigenvalue weighted by molar-refractivity contribution is 4.85. The van der Waals surface area contributed by atoms with Crippen molar-refractivity contribution >= 4 is 0 Å². The number of aliphatic hydroxyl groups is 1. The van der Waals surface area contributed by atoms with E-state index >= 15 is 0 Å². The van der Waals surface area contributed by atoms with Crippen molar-refractivity contribution in [3.05, 3.63) is 0 Å². The molecule has 1 fully saturated rings. The molecule has 17 heavy (non-hydrogen) atoms. The first-order valence-corrected chi connectivity index (χ1v) is 6.94. The Balaban J connectivity index is 2.48. The van der Waals surface area contributed by atoms with Gasteiger partial charge in [0, 0.05) is 24.7 Å². The molecule has 4 nitrogen and oxygen atoms in total. The van der Waals surface area contributed by atoms with Crippen molar-refractivity contribution in [1.29, 1.82) is 0 Å². The van der Waals surface area contributed by atoms with Gasteiger partial charge in [-0.25, -0.2) is 0 Å². The highest BCUT2D eigenvalue weighted by Crippen LogP contribution is 2.18. The second-order valence-electron chi connectivity index (χ2n) is 5.19. The Hall–Kier alpha value is -0.160. The van der Waals surface area contributed by atoms with E-state index in [0.717, 1.165) is 19.5 Å². The van der Waals surface area contributed by atoms with Gasteiger partial charge in [-0.1, -0.05) is 13.8 Å². The zero-order chi connectivity index (χ0) is 12.8. The molecule has 0 aromatic heterocycles. The number of rotatable bonds is 7. The molecule has 3 atom stereocenters. The number of nitrogens with two attached hydrogens (primary N) is 1. The summed E-state index contributed by atoms with van der Waals surface area (Å²) in [6.45, 7) is 7.83. The standard InChI is InChI=1S/C13H29N3O/c1-4-12(14)13(10-17)15(3)9-11-7-6-8-16(11)5-2/h11-13,17H,4-10,14H2,1-3H3. The van der Waals surface area contributed by atoms with Crippen LogP contribution >= 0.6 is 0 Å². The lowest BCUT2D eigenvalue weighted by Gasteiger charge is -2.34. The molecule has 3 N–H and O–H groups in total. The van der Waals surface area contributed by atoms with E-state index in [1.807, 2.05) is 0 Å². The maximum Gasteiger partial charge on any atom is 0.0601 e. The van der Waals surface area contributed by atoms with Crippen molar-refractivity contribution in [2.75, 3.05) is 33.3 Å². The van der Waals surface area contributed by atoms with Crippen LogP contribution in [0.5, 0.6) is 0 Å². The summed E-state index contributed by atoms with van der Waals surface area (Å²) < 4.78 is 0. The van der Waals surface area contributed by atoms with E-state index in [1.165, 1.54) is 19.4 Å². The number of nitrogens with zero attached hydrogens (tertiary/aromatic N) is 2. The molecule has 0 saturated carbocycles.